The molecule has 5 fully saturated rings. The zero-order valence-electron chi connectivity index (χ0n) is 26.2. The van der Waals surface area contributed by atoms with Crippen LogP contribution in [0.3, 0.4) is 0 Å². The van der Waals surface area contributed by atoms with E-state index in [2.05, 4.69) is 67.3 Å². The predicted molar refractivity (Wildman–Crippen MR) is 156 cm³/mol. The van der Waals surface area contributed by atoms with Crippen LogP contribution in [-0.4, -0.2) is 41.2 Å². The Balaban J connectivity index is 1.42. The standard InChI is InChI=1S/C34H57NO4/c1-10-20-35-28(37)38-26-14-17-31(6)24(30(26,4)5)13-19-32(7)25(31)21-23(36)27-22(12-18-33(27,32)8)34(9)16-11-15-29(2,3)39-34/h10,22-27,36H,1,11-21H2,2-9H3,(H,35,37)/t22-,23+,24-,25+,26-,27-,31-,32+,33+,34+/m0/s1. The van der Waals surface area contributed by atoms with Crippen molar-refractivity contribution < 1.29 is 19.4 Å². The predicted octanol–water partition coefficient (Wildman–Crippen LogP) is 7.66. The third-order valence-electron chi connectivity index (χ3n) is 13.7. The van der Waals surface area contributed by atoms with Gasteiger partial charge in [0.05, 0.1) is 17.3 Å². The average molecular weight is 544 g/mol. The number of carbonyl (C=O) groups is 1. The average Bonchev–Trinajstić information content (AvgIpc) is 3.21. The number of ether oxygens (including phenoxy) is 2. The van der Waals surface area contributed by atoms with E-state index in [0.29, 0.717) is 30.2 Å². The first-order valence-electron chi connectivity index (χ1n) is 16.0. The summed E-state index contributed by atoms with van der Waals surface area (Å²) >= 11 is 0. The Morgan fingerprint density at radius 1 is 0.949 bits per heavy atom. The van der Waals surface area contributed by atoms with E-state index in [1.165, 1.54) is 19.3 Å². The van der Waals surface area contributed by atoms with Gasteiger partial charge in [-0.05, 0) is 125 Å². The highest BCUT2D eigenvalue weighted by Crippen LogP contribution is 2.76. The van der Waals surface area contributed by atoms with Crippen LogP contribution in [-0.2, 0) is 9.47 Å². The lowest BCUT2D eigenvalue weighted by molar-refractivity contribution is -0.257. The number of aliphatic hydroxyl groups is 1. The Labute approximate surface area is 238 Å². The first kappa shape index (κ1) is 29.4. The second-order valence-corrected chi connectivity index (χ2v) is 16.4. The maximum absolute atomic E-state index is 12.5. The summed E-state index contributed by atoms with van der Waals surface area (Å²) < 4.78 is 12.9. The van der Waals surface area contributed by atoms with Crippen LogP contribution < -0.4 is 5.32 Å². The summed E-state index contributed by atoms with van der Waals surface area (Å²) in [6.45, 7) is 23.3. The fraction of sp³-hybridized carbons (Fsp3) is 0.912. The van der Waals surface area contributed by atoms with Gasteiger partial charge in [0.25, 0.3) is 0 Å². The lowest BCUT2D eigenvalue weighted by atomic mass is 9.35. The molecule has 222 valence electrons. The molecule has 0 aromatic carbocycles. The number of hydrogen-bond acceptors (Lipinski definition) is 4. The molecular formula is C34H57NO4. The summed E-state index contributed by atoms with van der Waals surface area (Å²) in [5.74, 6) is 1.62. The largest absolute Gasteiger partial charge is 0.446 e. The Morgan fingerprint density at radius 2 is 1.64 bits per heavy atom. The van der Waals surface area contributed by atoms with Gasteiger partial charge in [0.15, 0.2) is 0 Å². The minimum absolute atomic E-state index is 0.0849. The van der Waals surface area contributed by atoms with Gasteiger partial charge in [0.2, 0.25) is 0 Å². The van der Waals surface area contributed by atoms with Crippen LogP contribution >= 0.6 is 0 Å². The molecule has 5 nitrogen and oxygen atoms in total. The minimum Gasteiger partial charge on any atom is -0.446 e. The molecule has 10 atom stereocenters. The van der Waals surface area contributed by atoms with Crippen LogP contribution in [0.1, 0.15) is 120 Å². The normalized spacial score (nSPS) is 50.2. The van der Waals surface area contributed by atoms with Gasteiger partial charge in [0.1, 0.15) is 6.10 Å². The van der Waals surface area contributed by atoms with Crippen LogP contribution in [0.25, 0.3) is 0 Å². The fourth-order valence-corrected chi connectivity index (χ4v) is 11.8. The van der Waals surface area contributed by atoms with Gasteiger partial charge in [-0.3, -0.25) is 0 Å². The fourth-order valence-electron chi connectivity index (χ4n) is 11.8. The van der Waals surface area contributed by atoms with E-state index in [4.69, 9.17) is 9.47 Å². The second kappa shape index (κ2) is 9.48. The first-order valence-corrected chi connectivity index (χ1v) is 16.0. The van der Waals surface area contributed by atoms with Crippen molar-refractivity contribution in [1.29, 1.82) is 0 Å². The molecule has 5 heteroatoms. The molecule has 4 saturated carbocycles. The van der Waals surface area contributed by atoms with Gasteiger partial charge in [-0.2, -0.15) is 0 Å². The number of amides is 1. The summed E-state index contributed by atoms with van der Waals surface area (Å²) in [6.07, 6.45) is 11.9. The van der Waals surface area contributed by atoms with E-state index in [-0.39, 0.29) is 51.2 Å². The molecule has 2 N–H and O–H groups in total. The molecule has 4 aliphatic carbocycles. The van der Waals surface area contributed by atoms with E-state index in [0.717, 1.165) is 44.9 Å². The van der Waals surface area contributed by atoms with Gasteiger partial charge < -0.3 is 19.9 Å². The third kappa shape index (κ3) is 4.34. The van der Waals surface area contributed by atoms with Crippen molar-refractivity contribution in [1.82, 2.24) is 5.32 Å². The smallest absolute Gasteiger partial charge is 0.407 e. The van der Waals surface area contributed by atoms with Gasteiger partial charge in [0, 0.05) is 12.0 Å². The summed E-state index contributed by atoms with van der Waals surface area (Å²) in [6, 6.07) is 0. The Bertz CT molecular complexity index is 976. The van der Waals surface area contributed by atoms with Crippen LogP contribution in [0.2, 0.25) is 0 Å². The van der Waals surface area contributed by atoms with Gasteiger partial charge in [-0.25, -0.2) is 4.79 Å². The van der Waals surface area contributed by atoms with E-state index < -0.39 is 0 Å². The number of nitrogens with one attached hydrogen (secondary N) is 1. The number of rotatable bonds is 4. The van der Waals surface area contributed by atoms with E-state index in [1.54, 1.807) is 6.08 Å². The van der Waals surface area contributed by atoms with E-state index in [1.807, 2.05) is 0 Å². The zero-order chi connectivity index (χ0) is 28.6. The molecule has 0 spiro atoms. The lowest BCUT2D eigenvalue weighted by Crippen LogP contribution is -2.67. The summed E-state index contributed by atoms with van der Waals surface area (Å²) in [5, 5.41) is 14.9. The Kier molecular flexibility index (Phi) is 7.15. The topological polar surface area (TPSA) is 67.8 Å². The van der Waals surface area contributed by atoms with Crippen LogP contribution in [0.15, 0.2) is 12.7 Å². The van der Waals surface area contributed by atoms with Crippen LogP contribution in [0.4, 0.5) is 4.79 Å². The molecule has 0 aromatic rings. The molecule has 39 heavy (non-hydrogen) atoms. The molecule has 0 unspecified atom stereocenters. The monoisotopic (exact) mass is 543 g/mol. The van der Waals surface area contributed by atoms with Crippen molar-refractivity contribution >= 4 is 6.09 Å². The lowest BCUT2D eigenvalue weighted by Gasteiger charge is -2.70. The highest BCUT2D eigenvalue weighted by molar-refractivity contribution is 5.67. The van der Waals surface area contributed by atoms with Crippen molar-refractivity contribution in [2.45, 2.75) is 143 Å². The number of hydrogen-bond donors (Lipinski definition) is 2. The van der Waals surface area contributed by atoms with Gasteiger partial charge in [-0.15, -0.1) is 6.58 Å². The molecule has 0 radical (unpaired) electrons. The summed E-state index contributed by atoms with van der Waals surface area (Å²) in [4.78, 5) is 12.5. The molecule has 1 aliphatic heterocycles. The molecule has 0 bridgehead atoms. The third-order valence-corrected chi connectivity index (χ3v) is 13.7. The number of alkyl carbamates (subject to hydrolysis) is 1. The van der Waals surface area contributed by atoms with Gasteiger partial charge in [-0.1, -0.05) is 40.7 Å². The SMILES string of the molecule is C=CCNC(=O)O[C@H]1CC[C@]2(C)[C@H]3C[C@@H](O)[C@@H]4[C@@H]([C@@]5(C)CCCC(C)(C)O5)CC[C@@]4(C)[C@]3(C)CC[C@H]2C1(C)C. The molecule has 1 saturated heterocycles. The highest BCUT2D eigenvalue weighted by Gasteiger charge is 2.72. The van der Waals surface area contributed by atoms with E-state index >= 15 is 0 Å². The minimum atomic E-state index is -0.334. The maximum Gasteiger partial charge on any atom is 0.407 e. The van der Waals surface area contributed by atoms with Crippen molar-refractivity contribution in [2.75, 3.05) is 6.54 Å². The second-order valence-electron chi connectivity index (χ2n) is 16.4. The van der Waals surface area contributed by atoms with Crippen LogP contribution in [0, 0.1) is 45.3 Å². The Morgan fingerprint density at radius 3 is 2.31 bits per heavy atom. The van der Waals surface area contributed by atoms with Crippen molar-refractivity contribution in [3.8, 4) is 0 Å². The van der Waals surface area contributed by atoms with Gasteiger partial charge >= 0.3 is 6.09 Å². The number of aliphatic hydroxyl groups excluding tert-OH is 1. The zero-order valence-corrected chi connectivity index (χ0v) is 26.2. The molecule has 1 heterocycles. The highest BCUT2D eigenvalue weighted by atomic mass is 16.6. The Hall–Kier alpha value is -1.07. The van der Waals surface area contributed by atoms with Crippen molar-refractivity contribution in [3.05, 3.63) is 12.7 Å². The first-order chi connectivity index (χ1) is 18.0. The summed E-state index contributed by atoms with van der Waals surface area (Å²) in [5.41, 5.74) is 0.0496. The number of carbonyl (C=O) groups excluding carboxylic acids is 1. The van der Waals surface area contributed by atoms with E-state index in [9.17, 15) is 9.90 Å². The van der Waals surface area contributed by atoms with Crippen molar-refractivity contribution in [2.24, 2.45) is 45.3 Å². The molecular weight excluding hydrogens is 486 g/mol. The summed E-state index contributed by atoms with van der Waals surface area (Å²) in [7, 11) is 0. The van der Waals surface area contributed by atoms with Crippen LogP contribution in [0.5, 0.6) is 0 Å². The van der Waals surface area contributed by atoms with Crippen molar-refractivity contribution in [3.63, 3.8) is 0 Å². The number of fused-ring (bicyclic) bond motifs is 5. The molecule has 5 aliphatic rings. The molecule has 5 rings (SSSR count). The molecule has 0 aromatic heterocycles. The quantitative estimate of drug-likeness (QED) is 0.357. The maximum atomic E-state index is 12.5. The molecule has 1 amide bonds.